The highest BCUT2D eigenvalue weighted by molar-refractivity contribution is 7.98. The zero-order valence-electron chi connectivity index (χ0n) is 19.0. The van der Waals surface area contributed by atoms with Crippen molar-refractivity contribution in [3.63, 3.8) is 0 Å². The molecule has 1 fully saturated rings. The average molecular weight is 445 g/mol. The molecule has 1 heterocycles. The molecular formula is C28H32N2OS. The van der Waals surface area contributed by atoms with Crippen molar-refractivity contribution in [3.05, 3.63) is 95.6 Å². The molecule has 1 aliphatic rings. The van der Waals surface area contributed by atoms with Gasteiger partial charge in [-0.15, -0.1) is 11.8 Å². The first-order chi connectivity index (χ1) is 15.6. The summed E-state index contributed by atoms with van der Waals surface area (Å²) in [6, 6.07) is 26.9. The van der Waals surface area contributed by atoms with Gasteiger partial charge in [0.2, 0.25) is 0 Å². The van der Waals surface area contributed by atoms with Crippen molar-refractivity contribution in [1.82, 2.24) is 5.32 Å². The molecule has 1 saturated heterocycles. The number of benzene rings is 3. The van der Waals surface area contributed by atoms with E-state index in [-0.39, 0.29) is 11.9 Å². The van der Waals surface area contributed by atoms with E-state index in [9.17, 15) is 4.79 Å². The Labute approximate surface area is 196 Å². The summed E-state index contributed by atoms with van der Waals surface area (Å²) in [4.78, 5) is 16.5. The summed E-state index contributed by atoms with van der Waals surface area (Å²) in [5.74, 6) is 1.61. The maximum Gasteiger partial charge on any atom is 0.251 e. The van der Waals surface area contributed by atoms with Crippen LogP contribution in [-0.2, 0) is 5.75 Å². The Bertz CT molecular complexity index is 1000. The minimum absolute atomic E-state index is 0.0336. The molecule has 3 nitrogen and oxygen atoms in total. The smallest absolute Gasteiger partial charge is 0.251 e. The van der Waals surface area contributed by atoms with Crippen LogP contribution in [-0.4, -0.2) is 19.0 Å². The molecule has 0 aliphatic carbocycles. The molecule has 2 atom stereocenters. The fourth-order valence-electron chi connectivity index (χ4n) is 4.20. The standard InChI is InChI=1S/C28H32N2OS/c1-21-7-6-18-30(19-21)26-16-14-24(15-17-26)22(2)29-28(31)25-12-10-23(11-13-25)20-32-27-8-4-3-5-9-27/h3-5,8-17,21-22H,6-7,18-20H2,1-2H3,(H,29,31)/t21-,22+/m1/s1. The number of rotatable bonds is 7. The van der Waals surface area contributed by atoms with Gasteiger partial charge in [0.05, 0.1) is 6.04 Å². The summed E-state index contributed by atoms with van der Waals surface area (Å²) in [6.45, 7) is 6.63. The normalized spacial score (nSPS) is 17.1. The molecule has 4 rings (SSSR count). The van der Waals surface area contributed by atoms with Crippen LogP contribution in [0.15, 0.2) is 83.8 Å². The first-order valence-corrected chi connectivity index (χ1v) is 12.5. The number of nitrogens with zero attached hydrogens (tertiary/aromatic N) is 1. The van der Waals surface area contributed by atoms with Crippen molar-refractivity contribution in [2.24, 2.45) is 5.92 Å². The van der Waals surface area contributed by atoms with Crippen molar-refractivity contribution in [2.45, 2.75) is 43.4 Å². The van der Waals surface area contributed by atoms with Crippen molar-refractivity contribution in [3.8, 4) is 0 Å². The predicted octanol–water partition coefficient (Wildman–Crippen LogP) is 6.71. The number of carbonyl (C=O) groups is 1. The molecule has 3 aromatic rings. The van der Waals surface area contributed by atoms with Crippen molar-refractivity contribution in [2.75, 3.05) is 18.0 Å². The average Bonchev–Trinajstić information content (AvgIpc) is 2.84. The lowest BCUT2D eigenvalue weighted by molar-refractivity contribution is 0.0940. The molecule has 1 amide bonds. The minimum atomic E-state index is -0.0369. The van der Waals surface area contributed by atoms with Crippen LogP contribution in [0.4, 0.5) is 5.69 Å². The third-order valence-corrected chi connectivity index (χ3v) is 7.21. The van der Waals surface area contributed by atoms with Crippen molar-refractivity contribution in [1.29, 1.82) is 0 Å². The van der Waals surface area contributed by atoms with Crippen molar-refractivity contribution >= 4 is 23.4 Å². The zero-order valence-corrected chi connectivity index (χ0v) is 19.8. The van der Waals surface area contributed by atoms with Crippen molar-refractivity contribution < 1.29 is 4.79 Å². The lowest BCUT2D eigenvalue weighted by Crippen LogP contribution is -2.34. The van der Waals surface area contributed by atoms with Gasteiger partial charge in [0.1, 0.15) is 0 Å². The Balaban J connectivity index is 1.31. The number of nitrogens with one attached hydrogen (secondary N) is 1. The summed E-state index contributed by atoms with van der Waals surface area (Å²) in [7, 11) is 0. The number of anilines is 1. The quantitative estimate of drug-likeness (QED) is 0.411. The first kappa shape index (κ1) is 22.5. The maximum absolute atomic E-state index is 12.7. The van der Waals surface area contributed by atoms with Gasteiger partial charge in [0.25, 0.3) is 5.91 Å². The summed E-state index contributed by atoms with van der Waals surface area (Å²) < 4.78 is 0. The molecule has 0 bridgehead atoms. The number of carbonyl (C=O) groups excluding carboxylic acids is 1. The molecule has 1 aliphatic heterocycles. The van der Waals surface area contributed by atoms with E-state index in [4.69, 9.17) is 0 Å². The largest absolute Gasteiger partial charge is 0.371 e. The minimum Gasteiger partial charge on any atom is -0.371 e. The summed E-state index contributed by atoms with van der Waals surface area (Å²) >= 11 is 1.80. The van der Waals surface area contributed by atoms with E-state index in [0.29, 0.717) is 5.56 Å². The zero-order chi connectivity index (χ0) is 22.3. The van der Waals surface area contributed by atoms with E-state index in [1.165, 1.54) is 29.0 Å². The van der Waals surface area contributed by atoms with E-state index in [1.54, 1.807) is 11.8 Å². The molecule has 0 saturated carbocycles. The molecule has 166 valence electrons. The number of piperidine rings is 1. The van der Waals surface area contributed by atoms with Crippen LogP contribution in [0.3, 0.4) is 0 Å². The van der Waals surface area contributed by atoms with Gasteiger partial charge in [-0.25, -0.2) is 0 Å². The van der Waals surface area contributed by atoms with Gasteiger partial charge in [0.15, 0.2) is 0 Å². The second-order valence-electron chi connectivity index (χ2n) is 8.78. The summed E-state index contributed by atoms with van der Waals surface area (Å²) in [5, 5.41) is 3.14. The molecule has 0 aromatic heterocycles. The first-order valence-electron chi connectivity index (χ1n) is 11.5. The van der Waals surface area contributed by atoms with E-state index in [2.05, 4.69) is 65.7 Å². The molecule has 1 N–H and O–H groups in total. The third kappa shape index (κ3) is 5.95. The van der Waals surface area contributed by atoms with Gasteiger partial charge >= 0.3 is 0 Å². The lowest BCUT2D eigenvalue weighted by atomic mass is 9.99. The lowest BCUT2D eigenvalue weighted by Gasteiger charge is -2.33. The SMILES string of the molecule is C[C@@H]1CCCN(c2ccc([C@H](C)NC(=O)c3ccc(CSc4ccccc4)cc3)cc2)C1. The second kappa shape index (κ2) is 10.7. The number of amides is 1. The van der Waals surface area contributed by atoms with Crippen LogP contribution in [0, 0.1) is 5.92 Å². The van der Waals surface area contributed by atoms with Crippen LogP contribution >= 0.6 is 11.8 Å². The number of hydrogen-bond acceptors (Lipinski definition) is 3. The highest BCUT2D eigenvalue weighted by Crippen LogP contribution is 2.25. The molecule has 3 aromatic carbocycles. The van der Waals surface area contributed by atoms with Gasteiger partial charge in [-0.05, 0) is 73.2 Å². The molecule has 32 heavy (non-hydrogen) atoms. The topological polar surface area (TPSA) is 32.3 Å². The van der Waals surface area contributed by atoms with Crippen LogP contribution in [0.25, 0.3) is 0 Å². The molecule has 0 unspecified atom stereocenters. The maximum atomic E-state index is 12.7. The predicted molar refractivity (Wildman–Crippen MR) is 135 cm³/mol. The Kier molecular flexibility index (Phi) is 7.54. The monoisotopic (exact) mass is 444 g/mol. The van der Waals surface area contributed by atoms with Crippen LogP contribution in [0.5, 0.6) is 0 Å². The summed E-state index contributed by atoms with van der Waals surface area (Å²) in [6.07, 6.45) is 2.59. The fraction of sp³-hybridized carbons (Fsp3) is 0.321. The van der Waals surface area contributed by atoms with E-state index >= 15 is 0 Å². The van der Waals surface area contributed by atoms with Crippen LogP contribution in [0.1, 0.15) is 54.2 Å². The highest BCUT2D eigenvalue weighted by Gasteiger charge is 2.17. The molecule has 0 radical (unpaired) electrons. The van der Waals surface area contributed by atoms with Gasteiger partial charge in [-0.1, -0.05) is 49.4 Å². The highest BCUT2D eigenvalue weighted by atomic mass is 32.2. The molecule has 4 heteroatoms. The van der Waals surface area contributed by atoms with E-state index in [0.717, 1.165) is 30.3 Å². The van der Waals surface area contributed by atoms with Gasteiger partial charge in [-0.2, -0.15) is 0 Å². The Morgan fingerprint density at radius 2 is 1.75 bits per heavy atom. The van der Waals surface area contributed by atoms with Crippen LogP contribution in [0.2, 0.25) is 0 Å². The Morgan fingerprint density at radius 1 is 1.03 bits per heavy atom. The molecule has 0 spiro atoms. The Morgan fingerprint density at radius 3 is 2.44 bits per heavy atom. The Hall–Kier alpha value is -2.72. The van der Waals surface area contributed by atoms with Crippen LogP contribution < -0.4 is 10.2 Å². The third-order valence-electron chi connectivity index (χ3n) is 6.13. The number of hydrogen-bond donors (Lipinski definition) is 1. The summed E-state index contributed by atoms with van der Waals surface area (Å²) in [5.41, 5.74) is 4.32. The van der Waals surface area contributed by atoms with E-state index in [1.807, 2.05) is 37.3 Å². The number of thioether (sulfide) groups is 1. The van der Waals surface area contributed by atoms with Gasteiger partial charge in [0, 0.05) is 35.0 Å². The second-order valence-corrected chi connectivity index (χ2v) is 9.83. The molecular weight excluding hydrogens is 412 g/mol. The van der Waals surface area contributed by atoms with Gasteiger partial charge in [-0.3, -0.25) is 4.79 Å². The fourth-order valence-corrected chi connectivity index (χ4v) is 5.07. The van der Waals surface area contributed by atoms with E-state index < -0.39 is 0 Å². The van der Waals surface area contributed by atoms with Gasteiger partial charge < -0.3 is 10.2 Å².